The standard InChI is InChI=1S/C55H98O6/c1-4-7-10-13-16-19-22-25-26-27-28-31-33-36-39-42-45-48-54(57)60-51-52(61-55(58)49-46-43-40-37-34-30-24-21-18-15-12-9-6-3)50-59-53(56)47-44-41-38-35-32-29-23-20-17-14-11-8-5-2/h12,15-16,19,21,24-26,52H,4-11,13-14,17-18,20,22-23,27-51H2,1-3H3/b15-12-,19-16-,24-21-,26-25-. The molecule has 0 saturated heterocycles. The Labute approximate surface area is 378 Å². The zero-order chi connectivity index (χ0) is 44.4. The Kier molecular flexibility index (Phi) is 47.9. The van der Waals surface area contributed by atoms with Crippen molar-refractivity contribution in [1.82, 2.24) is 0 Å². The Morgan fingerprint density at radius 2 is 0.623 bits per heavy atom. The number of esters is 3. The van der Waals surface area contributed by atoms with E-state index in [2.05, 4.69) is 69.4 Å². The fourth-order valence-corrected chi connectivity index (χ4v) is 7.33. The number of carbonyl (C=O) groups is 3. The smallest absolute Gasteiger partial charge is 0.306 e. The molecule has 0 amide bonds. The molecule has 0 aliphatic carbocycles. The second-order valence-electron chi connectivity index (χ2n) is 17.4. The van der Waals surface area contributed by atoms with Gasteiger partial charge in [-0.05, 0) is 77.0 Å². The predicted octanol–water partition coefficient (Wildman–Crippen LogP) is 17.1. The van der Waals surface area contributed by atoms with E-state index >= 15 is 0 Å². The van der Waals surface area contributed by atoms with Gasteiger partial charge in [-0.25, -0.2) is 0 Å². The summed E-state index contributed by atoms with van der Waals surface area (Å²) in [5.74, 6) is -0.894. The zero-order valence-electron chi connectivity index (χ0n) is 40.4. The van der Waals surface area contributed by atoms with E-state index in [0.717, 1.165) is 103 Å². The fraction of sp³-hybridized carbons (Fsp3) is 0.800. The Balaban J connectivity index is 4.37. The van der Waals surface area contributed by atoms with Crippen molar-refractivity contribution in [3.05, 3.63) is 48.6 Å². The minimum atomic E-state index is -0.780. The van der Waals surface area contributed by atoms with E-state index in [1.807, 2.05) is 0 Å². The number of ether oxygens (including phenoxy) is 3. The molecule has 0 aromatic rings. The molecule has 0 N–H and O–H groups in total. The molecular weight excluding hydrogens is 757 g/mol. The summed E-state index contributed by atoms with van der Waals surface area (Å²) in [4.78, 5) is 38.0. The highest BCUT2D eigenvalue weighted by Crippen LogP contribution is 2.15. The van der Waals surface area contributed by atoms with Gasteiger partial charge in [-0.15, -0.1) is 0 Å². The van der Waals surface area contributed by atoms with Crippen LogP contribution in [0.4, 0.5) is 0 Å². The molecule has 0 aromatic carbocycles. The minimum absolute atomic E-state index is 0.0792. The average Bonchev–Trinajstić information content (AvgIpc) is 3.26. The van der Waals surface area contributed by atoms with Gasteiger partial charge in [0, 0.05) is 19.3 Å². The first-order valence-electron chi connectivity index (χ1n) is 26.1. The molecule has 0 aliphatic rings. The summed E-state index contributed by atoms with van der Waals surface area (Å²) in [6.45, 7) is 6.54. The highest BCUT2D eigenvalue weighted by Gasteiger charge is 2.19. The molecule has 0 spiro atoms. The average molecular weight is 855 g/mol. The van der Waals surface area contributed by atoms with Crippen LogP contribution in [-0.4, -0.2) is 37.2 Å². The van der Waals surface area contributed by atoms with E-state index in [0.29, 0.717) is 19.3 Å². The number of rotatable bonds is 47. The molecule has 1 unspecified atom stereocenters. The SMILES string of the molecule is CCC/C=C\C/C=C\CCCCCCCC(=O)OC(COC(=O)CCCCCCCCC/C=C\C/C=C\CCCCC)COC(=O)CCCCCCCCCCCCCCC. The molecule has 0 heterocycles. The summed E-state index contributed by atoms with van der Waals surface area (Å²) in [6, 6.07) is 0. The molecule has 0 radical (unpaired) electrons. The van der Waals surface area contributed by atoms with Crippen LogP contribution >= 0.6 is 0 Å². The van der Waals surface area contributed by atoms with Gasteiger partial charge < -0.3 is 14.2 Å². The van der Waals surface area contributed by atoms with Gasteiger partial charge in [0.15, 0.2) is 6.10 Å². The summed E-state index contributed by atoms with van der Waals surface area (Å²) < 4.78 is 16.8. The van der Waals surface area contributed by atoms with E-state index in [-0.39, 0.29) is 31.1 Å². The number of hydrogen-bond donors (Lipinski definition) is 0. The second-order valence-corrected chi connectivity index (χ2v) is 17.4. The maximum Gasteiger partial charge on any atom is 0.306 e. The van der Waals surface area contributed by atoms with Crippen LogP contribution in [0.3, 0.4) is 0 Å². The van der Waals surface area contributed by atoms with Crippen LogP contribution < -0.4 is 0 Å². The van der Waals surface area contributed by atoms with Crippen molar-refractivity contribution in [2.45, 2.75) is 271 Å². The number of carbonyl (C=O) groups excluding carboxylic acids is 3. The van der Waals surface area contributed by atoms with Crippen molar-refractivity contribution < 1.29 is 28.6 Å². The Morgan fingerprint density at radius 3 is 1.00 bits per heavy atom. The van der Waals surface area contributed by atoms with Crippen LogP contribution in [0.25, 0.3) is 0 Å². The van der Waals surface area contributed by atoms with Crippen LogP contribution in [0.5, 0.6) is 0 Å². The molecule has 0 bridgehead atoms. The second kappa shape index (κ2) is 50.0. The number of hydrogen-bond acceptors (Lipinski definition) is 6. The highest BCUT2D eigenvalue weighted by atomic mass is 16.6. The normalized spacial score (nSPS) is 12.4. The van der Waals surface area contributed by atoms with Crippen LogP contribution in [0, 0.1) is 0 Å². The molecule has 0 aromatic heterocycles. The molecule has 0 fully saturated rings. The summed E-state index contributed by atoms with van der Waals surface area (Å²) in [5, 5.41) is 0. The zero-order valence-corrected chi connectivity index (χ0v) is 40.4. The van der Waals surface area contributed by atoms with E-state index in [1.54, 1.807) is 0 Å². The molecule has 61 heavy (non-hydrogen) atoms. The summed E-state index contributed by atoms with van der Waals surface area (Å²) in [5.41, 5.74) is 0. The van der Waals surface area contributed by atoms with Crippen molar-refractivity contribution in [2.24, 2.45) is 0 Å². The monoisotopic (exact) mass is 855 g/mol. The van der Waals surface area contributed by atoms with Gasteiger partial charge in [-0.1, -0.05) is 217 Å². The van der Waals surface area contributed by atoms with Crippen LogP contribution in [0.1, 0.15) is 265 Å². The van der Waals surface area contributed by atoms with Gasteiger partial charge in [-0.3, -0.25) is 14.4 Å². The Hall–Kier alpha value is -2.63. The van der Waals surface area contributed by atoms with Gasteiger partial charge in [0.25, 0.3) is 0 Å². The van der Waals surface area contributed by atoms with Gasteiger partial charge in [0.2, 0.25) is 0 Å². The van der Waals surface area contributed by atoms with Gasteiger partial charge in [0.05, 0.1) is 0 Å². The first kappa shape index (κ1) is 58.4. The van der Waals surface area contributed by atoms with E-state index in [9.17, 15) is 14.4 Å². The van der Waals surface area contributed by atoms with Crippen LogP contribution in [-0.2, 0) is 28.6 Å². The van der Waals surface area contributed by atoms with Crippen LogP contribution in [0.15, 0.2) is 48.6 Å². The molecule has 0 rings (SSSR count). The first-order valence-corrected chi connectivity index (χ1v) is 26.1. The van der Waals surface area contributed by atoms with E-state index < -0.39 is 6.10 Å². The van der Waals surface area contributed by atoms with Crippen molar-refractivity contribution in [3.8, 4) is 0 Å². The van der Waals surface area contributed by atoms with Crippen molar-refractivity contribution in [3.63, 3.8) is 0 Å². The van der Waals surface area contributed by atoms with Gasteiger partial charge >= 0.3 is 17.9 Å². The number of allylic oxidation sites excluding steroid dienone is 8. The topological polar surface area (TPSA) is 78.9 Å². The third-order valence-electron chi connectivity index (χ3n) is 11.3. The fourth-order valence-electron chi connectivity index (χ4n) is 7.33. The highest BCUT2D eigenvalue weighted by molar-refractivity contribution is 5.71. The third-order valence-corrected chi connectivity index (χ3v) is 11.3. The lowest BCUT2D eigenvalue weighted by atomic mass is 10.0. The van der Waals surface area contributed by atoms with Crippen molar-refractivity contribution >= 4 is 17.9 Å². The van der Waals surface area contributed by atoms with E-state index in [1.165, 1.54) is 122 Å². The summed E-state index contributed by atoms with van der Waals surface area (Å²) >= 11 is 0. The largest absolute Gasteiger partial charge is 0.462 e. The molecular formula is C55H98O6. The lowest BCUT2D eigenvalue weighted by molar-refractivity contribution is -0.167. The molecule has 6 nitrogen and oxygen atoms in total. The van der Waals surface area contributed by atoms with Crippen molar-refractivity contribution in [1.29, 1.82) is 0 Å². The van der Waals surface area contributed by atoms with Crippen LogP contribution in [0.2, 0.25) is 0 Å². The summed E-state index contributed by atoms with van der Waals surface area (Å²) in [6.07, 6.45) is 59.4. The Bertz CT molecular complexity index is 1070. The van der Waals surface area contributed by atoms with Crippen molar-refractivity contribution in [2.75, 3.05) is 13.2 Å². The summed E-state index contributed by atoms with van der Waals surface area (Å²) in [7, 11) is 0. The molecule has 0 aliphatic heterocycles. The third kappa shape index (κ3) is 48.3. The van der Waals surface area contributed by atoms with E-state index in [4.69, 9.17) is 14.2 Å². The maximum atomic E-state index is 12.8. The quantitative estimate of drug-likeness (QED) is 0.0263. The molecule has 1 atom stereocenters. The minimum Gasteiger partial charge on any atom is -0.462 e. The first-order chi connectivity index (χ1) is 30.0. The lowest BCUT2D eigenvalue weighted by Gasteiger charge is -2.18. The molecule has 6 heteroatoms. The molecule has 0 saturated carbocycles. The Morgan fingerprint density at radius 1 is 0.328 bits per heavy atom. The number of unbranched alkanes of at least 4 members (excludes halogenated alkanes) is 28. The lowest BCUT2D eigenvalue weighted by Crippen LogP contribution is -2.30. The maximum absolute atomic E-state index is 12.8. The van der Waals surface area contributed by atoms with Gasteiger partial charge in [-0.2, -0.15) is 0 Å². The predicted molar refractivity (Wildman–Crippen MR) is 261 cm³/mol. The van der Waals surface area contributed by atoms with Gasteiger partial charge in [0.1, 0.15) is 13.2 Å². The molecule has 354 valence electrons.